The fourth-order valence-corrected chi connectivity index (χ4v) is 4.02. The molecule has 2 rings (SSSR count). The summed E-state index contributed by atoms with van der Waals surface area (Å²) in [5.41, 5.74) is 3.92. The van der Waals surface area contributed by atoms with Gasteiger partial charge < -0.3 is 0 Å². The van der Waals surface area contributed by atoms with Crippen molar-refractivity contribution in [2.24, 2.45) is 11.8 Å². The van der Waals surface area contributed by atoms with Crippen LogP contribution in [-0.4, -0.2) is 37.4 Å². The summed E-state index contributed by atoms with van der Waals surface area (Å²) in [5, 5.41) is 0. The lowest BCUT2D eigenvalue weighted by atomic mass is 9.89. The molecule has 2 unspecified atom stereocenters. The van der Waals surface area contributed by atoms with E-state index in [1.165, 1.54) is 29.6 Å². The van der Waals surface area contributed by atoms with E-state index < -0.39 is 20.2 Å². The van der Waals surface area contributed by atoms with Gasteiger partial charge in [-0.25, -0.2) is 0 Å². The first-order chi connectivity index (χ1) is 10.4. The Morgan fingerprint density at radius 3 is 1.65 bits per heavy atom. The molecule has 2 N–H and O–H groups in total. The fourth-order valence-electron chi connectivity index (χ4n) is 2.88. The molecular weight excluding hydrogens is 340 g/mol. The lowest BCUT2D eigenvalue weighted by Gasteiger charge is -2.16. The van der Waals surface area contributed by atoms with E-state index in [0.29, 0.717) is 18.3 Å². The summed E-state index contributed by atoms with van der Waals surface area (Å²) in [7, 11) is -7.90. The third kappa shape index (κ3) is 6.99. The first-order valence-electron chi connectivity index (χ1n) is 7.36. The quantitative estimate of drug-likeness (QED) is 0.426. The van der Waals surface area contributed by atoms with Crippen molar-refractivity contribution in [3.8, 4) is 0 Å². The van der Waals surface area contributed by atoms with Crippen molar-refractivity contribution in [1.82, 2.24) is 0 Å². The van der Waals surface area contributed by atoms with Crippen LogP contribution < -0.4 is 0 Å². The average molecular weight is 364 g/mol. The molecule has 2 aliphatic carbocycles. The van der Waals surface area contributed by atoms with Gasteiger partial charge in [0.25, 0.3) is 20.2 Å². The number of unbranched alkanes of at least 4 members (excludes halogenated alkanes) is 2. The zero-order chi connectivity index (χ0) is 17.8. The second kappa shape index (κ2) is 7.74. The highest BCUT2D eigenvalue weighted by atomic mass is 32.2. The Labute approximate surface area is 138 Å². The Morgan fingerprint density at radius 2 is 1.35 bits per heavy atom. The molecule has 0 spiro atoms. The average Bonchev–Trinajstić information content (AvgIpc) is 2.87. The van der Waals surface area contributed by atoms with Gasteiger partial charge in [-0.2, -0.15) is 16.8 Å². The Morgan fingerprint density at radius 1 is 0.870 bits per heavy atom. The van der Waals surface area contributed by atoms with E-state index in [1.54, 1.807) is 0 Å². The highest BCUT2D eigenvalue weighted by molar-refractivity contribution is 7.86. The molecule has 2 atom stereocenters. The minimum Gasteiger partial charge on any atom is -0.286 e. The molecule has 0 aliphatic heterocycles. The number of hydrogen-bond acceptors (Lipinski definition) is 4. The van der Waals surface area contributed by atoms with E-state index in [4.69, 9.17) is 9.11 Å². The highest BCUT2D eigenvalue weighted by Crippen LogP contribution is 2.52. The maximum absolute atomic E-state index is 10.2. The molecule has 0 aromatic carbocycles. The summed E-state index contributed by atoms with van der Waals surface area (Å²) >= 11 is 0. The molecular formula is C15H24O6S2. The second-order valence-electron chi connectivity index (χ2n) is 6.03. The van der Waals surface area contributed by atoms with Gasteiger partial charge in [-0.3, -0.25) is 9.11 Å². The first-order valence-corrected chi connectivity index (χ1v) is 10.6. The fraction of sp³-hybridized carbons (Fsp3) is 0.600. The number of fused-ring (bicyclic) bond motifs is 2. The third-order valence-corrected chi connectivity index (χ3v) is 5.76. The van der Waals surface area contributed by atoms with E-state index in [1.807, 2.05) is 0 Å². The van der Waals surface area contributed by atoms with E-state index in [-0.39, 0.29) is 24.3 Å². The van der Waals surface area contributed by atoms with Gasteiger partial charge in [0.15, 0.2) is 0 Å². The molecule has 132 valence electrons. The number of allylic oxidation sites excluding steroid dienone is 3. The number of hydrogen-bond donors (Lipinski definition) is 2. The van der Waals surface area contributed by atoms with Gasteiger partial charge in [0.1, 0.15) is 0 Å². The number of rotatable bonds is 6. The Bertz CT molecular complexity index is 653. The zero-order valence-corrected chi connectivity index (χ0v) is 14.7. The summed E-state index contributed by atoms with van der Waals surface area (Å²) in [6.45, 7) is 12.0. The Hall–Kier alpha value is -0.960. The summed E-state index contributed by atoms with van der Waals surface area (Å²) in [5.74, 6) is 0.541. The topological polar surface area (TPSA) is 109 Å². The predicted octanol–water partition coefficient (Wildman–Crippen LogP) is 2.63. The van der Waals surface area contributed by atoms with Crippen molar-refractivity contribution in [3.63, 3.8) is 0 Å². The van der Waals surface area contributed by atoms with Crippen molar-refractivity contribution in [2.45, 2.75) is 32.1 Å². The van der Waals surface area contributed by atoms with Crippen molar-refractivity contribution in [3.05, 3.63) is 36.5 Å². The van der Waals surface area contributed by atoms with Gasteiger partial charge in [0.2, 0.25) is 0 Å². The lowest BCUT2D eigenvalue weighted by Crippen LogP contribution is -2.06. The monoisotopic (exact) mass is 364 g/mol. The summed E-state index contributed by atoms with van der Waals surface area (Å²) in [6.07, 6.45) is 3.13. The van der Waals surface area contributed by atoms with Gasteiger partial charge in [-0.1, -0.05) is 31.7 Å². The smallest absolute Gasteiger partial charge is 0.264 e. The van der Waals surface area contributed by atoms with E-state index >= 15 is 0 Å². The van der Waals surface area contributed by atoms with Gasteiger partial charge in [0, 0.05) is 5.92 Å². The normalized spacial score (nSPS) is 23.8. The maximum Gasteiger partial charge on any atom is 0.264 e. The van der Waals surface area contributed by atoms with Gasteiger partial charge >= 0.3 is 0 Å². The molecule has 0 saturated heterocycles. The molecule has 2 fully saturated rings. The molecule has 0 aromatic heterocycles. The molecule has 2 aliphatic rings. The highest BCUT2D eigenvalue weighted by Gasteiger charge is 2.39. The summed E-state index contributed by atoms with van der Waals surface area (Å²) in [4.78, 5) is 0. The molecule has 23 heavy (non-hydrogen) atoms. The van der Waals surface area contributed by atoms with E-state index in [0.717, 1.165) is 0 Å². The minimum absolute atomic E-state index is 0.189. The van der Waals surface area contributed by atoms with Crippen LogP contribution in [0.4, 0.5) is 0 Å². The van der Waals surface area contributed by atoms with Crippen molar-refractivity contribution in [2.75, 3.05) is 11.5 Å². The van der Waals surface area contributed by atoms with Crippen LogP contribution >= 0.6 is 0 Å². The van der Waals surface area contributed by atoms with E-state index in [9.17, 15) is 16.8 Å². The zero-order valence-electron chi connectivity index (χ0n) is 13.1. The van der Waals surface area contributed by atoms with Crippen LogP contribution in [0.5, 0.6) is 0 Å². The molecule has 0 aromatic rings. The summed E-state index contributed by atoms with van der Waals surface area (Å²) in [6, 6.07) is 0. The molecule has 6 nitrogen and oxygen atoms in total. The van der Waals surface area contributed by atoms with Crippen molar-refractivity contribution < 1.29 is 25.9 Å². The first kappa shape index (κ1) is 20.1. The van der Waals surface area contributed by atoms with Crippen LogP contribution in [0.15, 0.2) is 36.5 Å². The largest absolute Gasteiger partial charge is 0.286 e. The van der Waals surface area contributed by atoms with E-state index in [2.05, 4.69) is 19.7 Å². The standard InChI is InChI=1S/C10H12.C5H12O6S2/c1-6-4-9-5-10(6)8(3)7(9)2;6-12(7,8)4-2-1-3-5-13(9,10)11/h9-10H,1-5H2;1-5H2,(H,6,7,8)(H,9,10,11). The van der Waals surface area contributed by atoms with Crippen LogP contribution in [-0.2, 0) is 20.2 Å². The molecule has 2 bridgehead atoms. The predicted molar refractivity (Wildman–Crippen MR) is 90.3 cm³/mol. The van der Waals surface area contributed by atoms with Crippen molar-refractivity contribution >= 4 is 20.2 Å². The van der Waals surface area contributed by atoms with Crippen LogP contribution in [0.3, 0.4) is 0 Å². The second-order valence-corrected chi connectivity index (χ2v) is 9.17. The third-order valence-electron chi connectivity index (χ3n) is 4.15. The lowest BCUT2D eigenvalue weighted by molar-refractivity contribution is 0.477. The van der Waals surface area contributed by atoms with Crippen LogP contribution in [0.1, 0.15) is 32.1 Å². The van der Waals surface area contributed by atoms with Gasteiger partial charge in [-0.05, 0) is 42.7 Å². The molecule has 0 heterocycles. The maximum atomic E-state index is 10.2. The molecule has 0 radical (unpaired) electrons. The van der Waals surface area contributed by atoms with Crippen LogP contribution in [0, 0.1) is 11.8 Å². The van der Waals surface area contributed by atoms with Crippen molar-refractivity contribution in [1.29, 1.82) is 0 Å². The molecule has 2 saturated carbocycles. The Kier molecular flexibility index (Phi) is 6.76. The van der Waals surface area contributed by atoms with Gasteiger partial charge in [-0.15, -0.1) is 0 Å². The SMILES string of the molecule is C=C1C(=C)C2CC1CC2=C.O=S(=O)(O)CCCCCS(=O)(=O)O. The van der Waals surface area contributed by atoms with Gasteiger partial charge in [0.05, 0.1) is 11.5 Å². The van der Waals surface area contributed by atoms with Crippen LogP contribution in [0.2, 0.25) is 0 Å². The molecule has 8 heteroatoms. The minimum atomic E-state index is -3.95. The van der Waals surface area contributed by atoms with Crippen LogP contribution in [0.25, 0.3) is 0 Å². The summed E-state index contributed by atoms with van der Waals surface area (Å²) < 4.78 is 57.3. The molecule has 0 amide bonds. The Balaban J connectivity index is 0.000000235.